The summed E-state index contributed by atoms with van der Waals surface area (Å²) in [5, 5.41) is 8.71. The molecule has 2 N–H and O–H groups in total. The Balaban J connectivity index is 1.22. The van der Waals surface area contributed by atoms with E-state index in [0.29, 0.717) is 28.4 Å². The lowest BCUT2D eigenvalue weighted by atomic mass is 9.90. The molecule has 0 saturated carbocycles. The zero-order chi connectivity index (χ0) is 23.0. The van der Waals surface area contributed by atoms with Crippen molar-refractivity contribution in [1.82, 2.24) is 19.8 Å². The molecule has 0 atom stereocenters. The van der Waals surface area contributed by atoms with Gasteiger partial charge in [-0.3, -0.25) is 4.79 Å². The molecule has 1 saturated heterocycles. The SMILES string of the molecule is COc1cccc(OCc2nnc(SCC(=O)N3CCC(Cc4ccccc4)CC3)n2N)c1. The van der Waals surface area contributed by atoms with Crippen LogP contribution in [0.3, 0.4) is 0 Å². The molecule has 3 aromatic rings. The molecule has 0 bridgehead atoms. The van der Waals surface area contributed by atoms with Crippen molar-refractivity contribution >= 4 is 17.7 Å². The number of hydrogen-bond acceptors (Lipinski definition) is 7. The van der Waals surface area contributed by atoms with Gasteiger partial charge in [-0.25, -0.2) is 4.68 Å². The molecule has 33 heavy (non-hydrogen) atoms. The number of benzene rings is 2. The number of carbonyl (C=O) groups is 1. The average molecular weight is 468 g/mol. The summed E-state index contributed by atoms with van der Waals surface area (Å²) < 4.78 is 12.3. The highest BCUT2D eigenvalue weighted by atomic mass is 32.2. The zero-order valence-corrected chi connectivity index (χ0v) is 19.5. The third-order valence-corrected chi connectivity index (χ3v) is 6.73. The van der Waals surface area contributed by atoms with Gasteiger partial charge in [0.2, 0.25) is 11.1 Å². The Hall–Kier alpha value is -3.20. The minimum atomic E-state index is 0.107. The first-order chi connectivity index (χ1) is 16.1. The normalized spacial score (nSPS) is 14.3. The van der Waals surface area contributed by atoms with E-state index in [2.05, 4.69) is 34.5 Å². The summed E-state index contributed by atoms with van der Waals surface area (Å²) in [5.41, 5.74) is 1.37. The Morgan fingerprint density at radius 3 is 2.61 bits per heavy atom. The fraction of sp³-hybridized carbons (Fsp3) is 0.375. The van der Waals surface area contributed by atoms with Crippen molar-refractivity contribution in [2.75, 3.05) is 31.8 Å². The van der Waals surface area contributed by atoms with Crippen LogP contribution in [0.2, 0.25) is 0 Å². The summed E-state index contributed by atoms with van der Waals surface area (Å²) in [6, 6.07) is 17.9. The van der Waals surface area contributed by atoms with E-state index in [1.54, 1.807) is 13.2 Å². The van der Waals surface area contributed by atoms with Crippen LogP contribution in [0, 0.1) is 5.92 Å². The summed E-state index contributed by atoms with van der Waals surface area (Å²) in [6.07, 6.45) is 3.14. The lowest BCUT2D eigenvalue weighted by molar-refractivity contribution is -0.129. The Kier molecular flexibility index (Phi) is 7.72. The molecule has 174 valence electrons. The smallest absolute Gasteiger partial charge is 0.233 e. The Morgan fingerprint density at radius 1 is 1.09 bits per heavy atom. The van der Waals surface area contributed by atoms with Gasteiger partial charge >= 0.3 is 0 Å². The largest absolute Gasteiger partial charge is 0.497 e. The molecular formula is C24H29N5O3S. The minimum Gasteiger partial charge on any atom is -0.497 e. The van der Waals surface area contributed by atoms with Gasteiger partial charge in [-0.05, 0) is 42.9 Å². The number of aromatic nitrogens is 3. The molecule has 1 amide bonds. The molecule has 8 nitrogen and oxygen atoms in total. The predicted molar refractivity (Wildman–Crippen MR) is 128 cm³/mol. The summed E-state index contributed by atoms with van der Waals surface area (Å²) in [6.45, 7) is 1.76. The van der Waals surface area contributed by atoms with Crippen molar-refractivity contribution in [3.63, 3.8) is 0 Å². The first-order valence-corrected chi connectivity index (χ1v) is 12.0. The van der Waals surface area contributed by atoms with E-state index in [9.17, 15) is 4.79 Å². The van der Waals surface area contributed by atoms with Crippen molar-refractivity contribution in [1.29, 1.82) is 0 Å². The van der Waals surface area contributed by atoms with Crippen molar-refractivity contribution in [2.24, 2.45) is 5.92 Å². The number of nitrogens with two attached hydrogens (primary N) is 1. The molecule has 2 heterocycles. The highest BCUT2D eigenvalue weighted by Crippen LogP contribution is 2.24. The van der Waals surface area contributed by atoms with Gasteiger partial charge < -0.3 is 20.2 Å². The number of carbonyl (C=O) groups excluding carboxylic acids is 1. The molecule has 1 fully saturated rings. The van der Waals surface area contributed by atoms with E-state index in [1.165, 1.54) is 22.0 Å². The molecule has 1 aliphatic rings. The lowest BCUT2D eigenvalue weighted by Crippen LogP contribution is -2.39. The number of thioether (sulfide) groups is 1. The van der Waals surface area contributed by atoms with E-state index >= 15 is 0 Å². The van der Waals surface area contributed by atoms with Crippen LogP contribution < -0.4 is 15.3 Å². The number of rotatable bonds is 9. The van der Waals surface area contributed by atoms with Gasteiger partial charge in [-0.2, -0.15) is 0 Å². The van der Waals surface area contributed by atoms with Crippen LogP contribution in [0.4, 0.5) is 0 Å². The predicted octanol–water partition coefficient (Wildman–Crippen LogP) is 3.15. The number of nitrogen functional groups attached to an aromatic ring is 1. The second-order valence-electron chi connectivity index (χ2n) is 8.04. The number of hydrogen-bond donors (Lipinski definition) is 1. The van der Waals surface area contributed by atoms with Crippen LogP contribution in [0.5, 0.6) is 11.5 Å². The van der Waals surface area contributed by atoms with Crippen molar-refractivity contribution < 1.29 is 14.3 Å². The van der Waals surface area contributed by atoms with E-state index < -0.39 is 0 Å². The Labute approximate surface area is 198 Å². The van der Waals surface area contributed by atoms with Crippen molar-refractivity contribution in [3.8, 4) is 11.5 Å². The maximum absolute atomic E-state index is 12.7. The quantitative estimate of drug-likeness (QED) is 0.381. The molecule has 9 heteroatoms. The van der Waals surface area contributed by atoms with Crippen LogP contribution >= 0.6 is 11.8 Å². The van der Waals surface area contributed by atoms with E-state index in [0.717, 1.165) is 32.4 Å². The van der Waals surface area contributed by atoms with Gasteiger partial charge in [0.15, 0.2) is 5.82 Å². The van der Waals surface area contributed by atoms with Gasteiger partial charge in [0, 0.05) is 19.2 Å². The summed E-state index contributed by atoms with van der Waals surface area (Å²) in [7, 11) is 1.60. The van der Waals surface area contributed by atoms with Gasteiger partial charge in [0.25, 0.3) is 0 Å². The van der Waals surface area contributed by atoms with Crippen molar-refractivity contribution in [3.05, 3.63) is 66.0 Å². The van der Waals surface area contributed by atoms with Crippen LogP contribution in [0.25, 0.3) is 0 Å². The van der Waals surface area contributed by atoms with Gasteiger partial charge in [-0.15, -0.1) is 10.2 Å². The molecule has 0 spiro atoms. The standard InChI is InChI=1S/C24H29N5O3S/c1-31-20-8-5-9-21(15-20)32-16-22-26-27-24(29(22)25)33-17-23(30)28-12-10-19(11-13-28)14-18-6-3-2-4-7-18/h2-9,15,19H,10-14,16-17,25H2,1H3. The average Bonchev–Trinajstić information content (AvgIpc) is 3.21. The van der Waals surface area contributed by atoms with Gasteiger partial charge in [0.05, 0.1) is 12.9 Å². The second kappa shape index (κ2) is 11.1. The lowest BCUT2D eigenvalue weighted by Gasteiger charge is -2.32. The molecular weight excluding hydrogens is 438 g/mol. The maximum atomic E-state index is 12.7. The Morgan fingerprint density at radius 2 is 1.85 bits per heavy atom. The molecule has 1 aliphatic heterocycles. The zero-order valence-electron chi connectivity index (χ0n) is 18.7. The summed E-state index contributed by atoms with van der Waals surface area (Å²) in [4.78, 5) is 14.6. The highest BCUT2D eigenvalue weighted by molar-refractivity contribution is 7.99. The van der Waals surface area contributed by atoms with E-state index in [1.807, 2.05) is 29.2 Å². The molecule has 0 radical (unpaired) electrons. The van der Waals surface area contributed by atoms with Crippen LogP contribution in [-0.2, 0) is 17.8 Å². The molecule has 0 unspecified atom stereocenters. The number of nitrogens with zero attached hydrogens (tertiary/aromatic N) is 4. The number of piperidine rings is 1. The topological polar surface area (TPSA) is 95.5 Å². The number of ether oxygens (including phenoxy) is 2. The van der Waals surface area contributed by atoms with Gasteiger partial charge in [0.1, 0.15) is 18.1 Å². The fourth-order valence-corrected chi connectivity index (χ4v) is 4.67. The highest BCUT2D eigenvalue weighted by Gasteiger charge is 2.23. The first kappa shape index (κ1) is 23.0. The Bertz CT molecular complexity index is 1050. The van der Waals surface area contributed by atoms with E-state index in [4.69, 9.17) is 15.3 Å². The third-order valence-electron chi connectivity index (χ3n) is 5.80. The molecule has 2 aromatic carbocycles. The number of likely N-dealkylation sites (tertiary alicyclic amines) is 1. The van der Waals surface area contributed by atoms with Gasteiger partial charge in [-0.1, -0.05) is 48.2 Å². The van der Waals surface area contributed by atoms with Crippen LogP contribution in [-0.4, -0.2) is 51.6 Å². The summed E-state index contributed by atoms with van der Waals surface area (Å²) >= 11 is 1.30. The third kappa shape index (κ3) is 6.19. The monoisotopic (exact) mass is 467 g/mol. The van der Waals surface area contributed by atoms with Crippen LogP contribution in [0.1, 0.15) is 24.2 Å². The number of methoxy groups -OCH3 is 1. The first-order valence-electron chi connectivity index (χ1n) is 11.0. The second-order valence-corrected chi connectivity index (χ2v) is 8.98. The van der Waals surface area contributed by atoms with Crippen LogP contribution in [0.15, 0.2) is 59.8 Å². The van der Waals surface area contributed by atoms with Crippen molar-refractivity contribution in [2.45, 2.75) is 31.0 Å². The number of amides is 1. The minimum absolute atomic E-state index is 0.107. The fourth-order valence-electron chi connectivity index (χ4n) is 3.89. The van der Waals surface area contributed by atoms with E-state index in [-0.39, 0.29) is 18.3 Å². The summed E-state index contributed by atoms with van der Waals surface area (Å²) in [5.74, 6) is 8.98. The molecule has 1 aromatic heterocycles. The maximum Gasteiger partial charge on any atom is 0.233 e. The molecule has 0 aliphatic carbocycles. The molecule has 4 rings (SSSR count).